The van der Waals surface area contributed by atoms with Crippen molar-refractivity contribution in [2.24, 2.45) is 0 Å². The van der Waals surface area contributed by atoms with Crippen LogP contribution in [0.4, 0.5) is 0 Å². The highest BCUT2D eigenvalue weighted by Crippen LogP contribution is 2.19. The van der Waals surface area contributed by atoms with Crippen LogP contribution in [0, 0.1) is 0 Å². The van der Waals surface area contributed by atoms with E-state index >= 15 is 0 Å². The molecule has 2 atom stereocenters. The van der Waals surface area contributed by atoms with Crippen molar-refractivity contribution in [1.82, 2.24) is 20.9 Å². The lowest BCUT2D eigenvalue weighted by atomic mass is 10.0. The lowest BCUT2D eigenvalue weighted by Gasteiger charge is -2.28. The standard InChI is InChI=1S/C32H35ClN4O6/c1-2-37-17-19-43-28-11-7-6-10-25(28)30(39)36-26(31(40)34-16-18-42-24-14-12-23(33)13-15-24)21-29(38)35-27(32(37)41)20-22-8-4-3-5-9-22/h3-15,26-27H,2,16-21H2,1H3,(H,34,40)(H,35,38)(H,36,39)/t26-,27-/m0/s1. The van der Waals surface area contributed by atoms with Crippen LogP contribution in [0.1, 0.15) is 29.3 Å². The molecule has 0 saturated carbocycles. The second-order valence-corrected chi connectivity index (χ2v) is 10.3. The Bertz CT molecular complexity index is 1400. The summed E-state index contributed by atoms with van der Waals surface area (Å²) in [6.07, 6.45) is -0.125. The zero-order chi connectivity index (χ0) is 30.6. The van der Waals surface area contributed by atoms with Gasteiger partial charge in [-0.25, -0.2) is 0 Å². The fourth-order valence-corrected chi connectivity index (χ4v) is 4.75. The molecule has 3 aromatic rings. The van der Waals surface area contributed by atoms with E-state index in [4.69, 9.17) is 21.1 Å². The molecule has 10 nitrogen and oxygen atoms in total. The predicted molar refractivity (Wildman–Crippen MR) is 162 cm³/mol. The van der Waals surface area contributed by atoms with E-state index in [9.17, 15) is 19.2 Å². The van der Waals surface area contributed by atoms with Crippen molar-refractivity contribution in [1.29, 1.82) is 0 Å². The molecule has 1 heterocycles. The van der Waals surface area contributed by atoms with Crippen LogP contribution in [0.25, 0.3) is 0 Å². The first-order valence-corrected chi connectivity index (χ1v) is 14.5. The van der Waals surface area contributed by atoms with E-state index in [0.29, 0.717) is 23.1 Å². The zero-order valence-electron chi connectivity index (χ0n) is 23.9. The van der Waals surface area contributed by atoms with Crippen LogP contribution in [0.3, 0.4) is 0 Å². The Morgan fingerprint density at radius 3 is 2.47 bits per heavy atom. The quantitative estimate of drug-likeness (QED) is 0.339. The molecule has 0 aliphatic carbocycles. The molecule has 0 bridgehead atoms. The molecule has 226 valence electrons. The Morgan fingerprint density at radius 2 is 1.72 bits per heavy atom. The normalized spacial score (nSPS) is 17.9. The zero-order valence-corrected chi connectivity index (χ0v) is 24.6. The maximum atomic E-state index is 13.6. The molecule has 3 aromatic carbocycles. The highest BCUT2D eigenvalue weighted by Gasteiger charge is 2.30. The minimum absolute atomic E-state index is 0.121. The second-order valence-electron chi connectivity index (χ2n) is 9.90. The van der Waals surface area contributed by atoms with E-state index in [1.165, 1.54) is 0 Å². The van der Waals surface area contributed by atoms with E-state index < -0.39 is 29.8 Å². The number of nitrogens with one attached hydrogen (secondary N) is 3. The third kappa shape index (κ3) is 9.21. The number of rotatable bonds is 8. The molecule has 0 spiro atoms. The van der Waals surface area contributed by atoms with Crippen molar-refractivity contribution in [2.45, 2.75) is 31.8 Å². The molecule has 3 N–H and O–H groups in total. The van der Waals surface area contributed by atoms with Gasteiger partial charge in [-0.1, -0.05) is 54.1 Å². The van der Waals surface area contributed by atoms with E-state index in [1.54, 1.807) is 53.4 Å². The van der Waals surface area contributed by atoms with Crippen LogP contribution in [-0.4, -0.2) is 73.5 Å². The Labute approximate surface area is 255 Å². The summed E-state index contributed by atoms with van der Waals surface area (Å²) in [6, 6.07) is 20.7. The highest BCUT2D eigenvalue weighted by molar-refractivity contribution is 6.30. The van der Waals surface area contributed by atoms with Gasteiger partial charge in [-0.3, -0.25) is 19.2 Å². The molecule has 1 aliphatic rings. The third-order valence-electron chi connectivity index (χ3n) is 6.85. The van der Waals surface area contributed by atoms with Crippen molar-refractivity contribution >= 4 is 35.2 Å². The van der Waals surface area contributed by atoms with Gasteiger partial charge in [-0.2, -0.15) is 0 Å². The van der Waals surface area contributed by atoms with Gasteiger partial charge < -0.3 is 30.3 Å². The number of likely N-dealkylation sites (N-methyl/N-ethyl adjacent to an activating group) is 1. The molecule has 0 unspecified atom stereocenters. The van der Waals surface area contributed by atoms with Crippen molar-refractivity contribution in [3.8, 4) is 11.5 Å². The van der Waals surface area contributed by atoms with E-state index in [1.807, 2.05) is 37.3 Å². The first-order chi connectivity index (χ1) is 20.8. The summed E-state index contributed by atoms with van der Waals surface area (Å²) in [5.41, 5.74) is 1.08. The number of amides is 4. The fourth-order valence-electron chi connectivity index (χ4n) is 4.62. The summed E-state index contributed by atoms with van der Waals surface area (Å²) < 4.78 is 11.5. The maximum Gasteiger partial charge on any atom is 0.255 e. The van der Waals surface area contributed by atoms with Crippen LogP contribution < -0.4 is 25.4 Å². The molecular formula is C32H35ClN4O6. The number of carbonyl (C=O) groups is 4. The summed E-state index contributed by atoms with van der Waals surface area (Å²) in [4.78, 5) is 55.1. The van der Waals surface area contributed by atoms with E-state index in [2.05, 4.69) is 16.0 Å². The summed E-state index contributed by atoms with van der Waals surface area (Å²) in [7, 11) is 0. The van der Waals surface area contributed by atoms with Crippen LogP contribution in [0.5, 0.6) is 11.5 Å². The lowest BCUT2D eigenvalue weighted by Crippen LogP contribution is -2.54. The Balaban J connectivity index is 1.53. The van der Waals surface area contributed by atoms with Crippen molar-refractivity contribution in [2.75, 3.05) is 32.8 Å². The van der Waals surface area contributed by atoms with Crippen molar-refractivity contribution < 1.29 is 28.7 Å². The molecule has 1 aliphatic heterocycles. The van der Waals surface area contributed by atoms with Gasteiger partial charge in [0.25, 0.3) is 5.91 Å². The van der Waals surface area contributed by atoms with Crippen LogP contribution in [0.2, 0.25) is 5.02 Å². The molecule has 11 heteroatoms. The minimum Gasteiger partial charge on any atom is -0.492 e. The number of nitrogens with zero attached hydrogens (tertiary/aromatic N) is 1. The average Bonchev–Trinajstić information content (AvgIpc) is 3.01. The van der Waals surface area contributed by atoms with E-state index in [0.717, 1.165) is 5.56 Å². The fraction of sp³-hybridized carbons (Fsp3) is 0.312. The molecule has 0 saturated heterocycles. The summed E-state index contributed by atoms with van der Waals surface area (Å²) >= 11 is 5.90. The summed E-state index contributed by atoms with van der Waals surface area (Å²) in [6.45, 7) is 2.91. The minimum atomic E-state index is -1.23. The van der Waals surface area contributed by atoms with Crippen LogP contribution in [-0.2, 0) is 20.8 Å². The largest absolute Gasteiger partial charge is 0.492 e. The van der Waals surface area contributed by atoms with Gasteiger partial charge in [0, 0.05) is 18.0 Å². The van der Waals surface area contributed by atoms with E-state index in [-0.39, 0.29) is 50.6 Å². The molecule has 0 aromatic heterocycles. The van der Waals surface area contributed by atoms with Crippen molar-refractivity contribution in [3.63, 3.8) is 0 Å². The topological polar surface area (TPSA) is 126 Å². The number of benzene rings is 3. The van der Waals surface area contributed by atoms with Crippen LogP contribution >= 0.6 is 11.6 Å². The Hall–Kier alpha value is -4.57. The molecule has 4 rings (SSSR count). The SMILES string of the molecule is CCN1CCOc2ccccc2C(=O)N[C@H](C(=O)NCCOc2ccc(Cl)cc2)CC(=O)N[C@@H](Cc2ccccc2)C1=O. The highest BCUT2D eigenvalue weighted by atomic mass is 35.5. The first kappa shape index (κ1) is 31.4. The van der Waals surface area contributed by atoms with Crippen molar-refractivity contribution in [3.05, 3.63) is 95.0 Å². The van der Waals surface area contributed by atoms with Gasteiger partial charge >= 0.3 is 0 Å². The molecule has 43 heavy (non-hydrogen) atoms. The van der Waals surface area contributed by atoms with Gasteiger partial charge in [0.2, 0.25) is 17.7 Å². The lowest BCUT2D eigenvalue weighted by molar-refractivity contribution is -0.137. The number of para-hydroxylation sites is 1. The molecular weight excluding hydrogens is 572 g/mol. The number of halogens is 1. The van der Waals surface area contributed by atoms with Gasteiger partial charge in [0.1, 0.15) is 36.8 Å². The average molecular weight is 607 g/mol. The Kier molecular flexibility index (Phi) is 11.4. The maximum absolute atomic E-state index is 13.6. The third-order valence-corrected chi connectivity index (χ3v) is 7.11. The van der Waals surface area contributed by atoms with Gasteiger partial charge in [-0.15, -0.1) is 0 Å². The smallest absolute Gasteiger partial charge is 0.255 e. The number of fused-ring (bicyclic) bond motifs is 1. The predicted octanol–water partition coefficient (Wildman–Crippen LogP) is 2.99. The number of hydrogen-bond acceptors (Lipinski definition) is 6. The molecule has 0 fully saturated rings. The summed E-state index contributed by atoms with van der Waals surface area (Å²) in [5.74, 6) is -1.07. The molecule has 4 amide bonds. The second kappa shape index (κ2) is 15.6. The Morgan fingerprint density at radius 1 is 1.00 bits per heavy atom. The molecule has 0 radical (unpaired) electrons. The summed E-state index contributed by atoms with van der Waals surface area (Å²) in [5, 5.41) is 8.78. The number of carbonyl (C=O) groups excluding carboxylic acids is 4. The number of ether oxygens (including phenoxy) is 2. The van der Waals surface area contributed by atoms with Crippen LogP contribution in [0.15, 0.2) is 78.9 Å². The first-order valence-electron chi connectivity index (χ1n) is 14.1. The van der Waals surface area contributed by atoms with Gasteiger partial charge in [0.15, 0.2) is 0 Å². The monoisotopic (exact) mass is 606 g/mol. The van der Waals surface area contributed by atoms with Gasteiger partial charge in [-0.05, 0) is 48.9 Å². The van der Waals surface area contributed by atoms with Gasteiger partial charge in [0.05, 0.1) is 25.1 Å². The number of hydrogen-bond donors (Lipinski definition) is 3.